The van der Waals surface area contributed by atoms with Crippen LogP contribution >= 0.6 is 0 Å². The van der Waals surface area contributed by atoms with Crippen molar-refractivity contribution in [2.45, 2.75) is 71.6 Å². The number of nitrogens with one attached hydrogen (secondary N) is 4. The van der Waals surface area contributed by atoms with Gasteiger partial charge in [0.05, 0.1) is 11.7 Å². The molecule has 0 bridgehead atoms. The molecule has 4 fully saturated rings. The van der Waals surface area contributed by atoms with Gasteiger partial charge in [0.1, 0.15) is 35.5 Å². The molecule has 9 heterocycles. The Kier molecular flexibility index (Phi) is 15.3. The number of hydrogen-bond donors (Lipinski definition) is 4. The van der Waals surface area contributed by atoms with E-state index in [0.29, 0.717) is 87.7 Å². The van der Waals surface area contributed by atoms with Gasteiger partial charge in [-0.3, -0.25) is 15.0 Å². The summed E-state index contributed by atoms with van der Waals surface area (Å²) in [5.74, 6) is 4.07. The van der Waals surface area contributed by atoms with Gasteiger partial charge in [-0.25, -0.2) is 4.79 Å². The number of aryl methyl sites for hydroxylation is 4. The molecule has 5 aromatic heterocycles. The Morgan fingerprint density at radius 1 is 0.690 bits per heavy atom. The topological polar surface area (TPSA) is 226 Å². The summed E-state index contributed by atoms with van der Waals surface area (Å²) in [6.07, 6.45) is 5.99. The van der Waals surface area contributed by atoms with Gasteiger partial charge in [0.25, 0.3) is 0 Å². The first kappa shape index (κ1) is 49.1. The van der Waals surface area contributed by atoms with Crippen molar-refractivity contribution >= 4 is 46.8 Å². The molecule has 0 aromatic carbocycles. The molecule has 5 aromatic rings. The molecule has 4 aliphatic rings. The fourth-order valence-electron chi connectivity index (χ4n) is 9.59. The lowest BCUT2D eigenvalue weighted by Gasteiger charge is -2.42. The quantitative estimate of drug-likeness (QED) is 0.110. The number of anilines is 6. The Morgan fingerprint density at radius 2 is 1.25 bits per heavy atom. The zero-order chi connectivity index (χ0) is 49.6. The number of carbonyl (C=O) groups is 2. The Morgan fingerprint density at radius 3 is 1.82 bits per heavy atom. The molecule has 4 N–H and O–H groups in total. The van der Waals surface area contributed by atoms with Gasteiger partial charge < -0.3 is 54.4 Å². The van der Waals surface area contributed by atoms with E-state index in [0.717, 1.165) is 86.8 Å². The zero-order valence-electron chi connectivity index (χ0n) is 42.1. The third-order valence-corrected chi connectivity index (χ3v) is 13.5. The van der Waals surface area contributed by atoms with Crippen LogP contribution in [0, 0.1) is 27.7 Å². The van der Waals surface area contributed by atoms with E-state index in [-0.39, 0.29) is 36.2 Å². The Labute approximate surface area is 415 Å². The molecule has 9 rings (SSSR count). The SMILES string of the molecule is Cc1cc(C)n(C(=O)N2CCC(Oc3nc(Nc4cc(C)[nH]n4)cc(N4CCN(C)CC4CN(C)CC=CC(=O)N4CCC(Oc5nc(Nc6cc(C)[nH]n6)cc(N6CCN(C)CC6)n5)CC4)n3)CC2)n1. The minimum Gasteiger partial charge on any atom is -0.460 e. The lowest BCUT2D eigenvalue weighted by Crippen LogP contribution is -2.56. The molecule has 0 radical (unpaired) electrons. The van der Waals surface area contributed by atoms with Crippen molar-refractivity contribution < 1.29 is 19.1 Å². The molecule has 0 spiro atoms. The highest BCUT2D eigenvalue weighted by atomic mass is 16.5. The Balaban J connectivity index is 0.795. The van der Waals surface area contributed by atoms with Gasteiger partial charge in [-0.2, -0.15) is 39.9 Å². The summed E-state index contributed by atoms with van der Waals surface area (Å²) < 4.78 is 14.4. The summed E-state index contributed by atoms with van der Waals surface area (Å²) in [6, 6.07) is 10.2. The van der Waals surface area contributed by atoms with Gasteiger partial charge in [0.2, 0.25) is 5.91 Å². The Hall–Kier alpha value is -6.85. The molecule has 380 valence electrons. The second-order valence-corrected chi connectivity index (χ2v) is 19.5. The summed E-state index contributed by atoms with van der Waals surface area (Å²) in [7, 11) is 6.35. The minimum atomic E-state index is -0.168. The lowest BCUT2D eigenvalue weighted by atomic mass is 10.1. The summed E-state index contributed by atoms with van der Waals surface area (Å²) >= 11 is 0. The van der Waals surface area contributed by atoms with E-state index in [4.69, 9.17) is 29.4 Å². The number of nitrogens with zero attached hydrogens (tertiary/aromatic N) is 15. The number of piperazine rings is 2. The molecule has 0 aliphatic carbocycles. The number of rotatable bonds is 15. The fourth-order valence-corrected chi connectivity index (χ4v) is 9.59. The molecular weight excluding hydrogens is 907 g/mol. The minimum absolute atomic E-state index is 0.00835. The largest absolute Gasteiger partial charge is 0.460 e. The molecule has 23 nitrogen and oxygen atoms in total. The highest BCUT2D eigenvalue weighted by Crippen LogP contribution is 2.29. The van der Waals surface area contributed by atoms with Gasteiger partial charge >= 0.3 is 18.1 Å². The van der Waals surface area contributed by atoms with E-state index in [1.54, 1.807) is 6.08 Å². The molecule has 71 heavy (non-hydrogen) atoms. The van der Waals surface area contributed by atoms with Gasteiger partial charge in [-0.15, -0.1) is 0 Å². The van der Waals surface area contributed by atoms with Crippen molar-refractivity contribution in [3.63, 3.8) is 0 Å². The van der Waals surface area contributed by atoms with Crippen LogP contribution in [0.25, 0.3) is 0 Å². The van der Waals surface area contributed by atoms with Crippen molar-refractivity contribution in [3.8, 4) is 12.0 Å². The van der Waals surface area contributed by atoms with Crippen LogP contribution in [0.4, 0.5) is 39.7 Å². The number of ether oxygens (including phenoxy) is 2. The third-order valence-electron chi connectivity index (χ3n) is 13.5. The number of likely N-dealkylation sites (tertiary alicyclic amines) is 2. The first-order chi connectivity index (χ1) is 34.3. The number of piperidine rings is 2. The monoisotopic (exact) mass is 976 g/mol. The van der Waals surface area contributed by atoms with E-state index < -0.39 is 0 Å². The molecule has 4 aliphatic heterocycles. The number of likely N-dealkylation sites (N-methyl/N-ethyl adjacent to an activating group) is 3. The van der Waals surface area contributed by atoms with Crippen LogP contribution < -0.4 is 29.9 Å². The fraction of sp³-hybridized carbons (Fsp3) is 0.562. The van der Waals surface area contributed by atoms with E-state index in [9.17, 15) is 9.59 Å². The maximum absolute atomic E-state index is 13.5. The van der Waals surface area contributed by atoms with Crippen molar-refractivity contribution in [2.75, 3.05) is 127 Å². The number of hydrogen-bond acceptors (Lipinski definition) is 18. The second-order valence-electron chi connectivity index (χ2n) is 19.5. The first-order valence-electron chi connectivity index (χ1n) is 24.8. The molecule has 23 heteroatoms. The average molecular weight is 976 g/mol. The maximum atomic E-state index is 13.5. The van der Waals surface area contributed by atoms with Gasteiger partial charge in [-0.05, 0) is 54.9 Å². The van der Waals surface area contributed by atoms with Crippen LogP contribution in [0.1, 0.15) is 48.5 Å². The summed E-state index contributed by atoms with van der Waals surface area (Å²) in [5.41, 5.74) is 3.50. The molecule has 1 atom stereocenters. The molecular formula is C48H69N19O4. The highest BCUT2D eigenvalue weighted by molar-refractivity contribution is 5.87. The normalized spacial score (nSPS) is 19.0. The molecule has 0 saturated carbocycles. The number of H-pyrrole nitrogens is 2. The summed E-state index contributed by atoms with van der Waals surface area (Å²) in [4.78, 5) is 61.3. The van der Waals surface area contributed by atoms with Crippen LogP contribution in [0.5, 0.6) is 12.0 Å². The maximum Gasteiger partial charge on any atom is 0.344 e. The molecule has 2 amide bonds. The number of carbonyl (C=O) groups excluding carboxylic acids is 2. The van der Waals surface area contributed by atoms with E-state index in [2.05, 4.69) is 81.8 Å². The van der Waals surface area contributed by atoms with Crippen LogP contribution in [0.3, 0.4) is 0 Å². The van der Waals surface area contributed by atoms with Crippen molar-refractivity contribution in [1.29, 1.82) is 0 Å². The number of amides is 2. The number of aromatic amines is 2. The van der Waals surface area contributed by atoms with Crippen molar-refractivity contribution in [3.05, 3.63) is 65.3 Å². The lowest BCUT2D eigenvalue weighted by molar-refractivity contribution is -0.127. The third kappa shape index (κ3) is 12.7. The first-order valence-corrected chi connectivity index (χ1v) is 24.8. The summed E-state index contributed by atoms with van der Waals surface area (Å²) in [6.45, 7) is 17.3. The molecule has 4 saturated heterocycles. The van der Waals surface area contributed by atoms with E-state index >= 15 is 0 Å². The highest BCUT2D eigenvalue weighted by Gasteiger charge is 2.31. The second kappa shape index (κ2) is 22.1. The van der Waals surface area contributed by atoms with E-state index in [1.165, 1.54) is 4.68 Å². The predicted molar refractivity (Wildman–Crippen MR) is 270 cm³/mol. The Bertz CT molecular complexity index is 2620. The standard InChI is InChI=1S/C48H69N19O4/c1-32-26-41(57-55-32)49-39-28-43(63-22-19-60(5)20-23-63)53-46(51-39)70-37-10-15-64(16-11-37)45(68)9-8-14-61(6)30-36-31-62(7)21-24-66(36)44-29-40(50-42-27-33(2)56-58-42)52-47(54-44)71-38-12-17-65(18-13-38)48(69)67-35(4)25-34(3)59-67/h8-9,25-29,36-38H,10-24,30-31H2,1-7H3,(H2,49,51,53,55,57)(H2,50,52,54,56,58). The van der Waals surface area contributed by atoms with Gasteiger partial charge in [0, 0.05) is 158 Å². The average Bonchev–Trinajstić information content (AvgIpc) is 4.06. The van der Waals surface area contributed by atoms with Gasteiger partial charge in [0.15, 0.2) is 11.6 Å². The van der Waals surface area contributed by atoms with Crippen LogP contribution in [0.15, 0.2) is 42.5 Å². The smallest absolute Gasteiger partial charge is 0.344 e. The van der Waals surface area contributed by atoms with Crippen LogP contribution in [0.2, 0.25) is 0 Å². The predicted octanol–water partition coefficient (Wildman–Crippen LogP) is 3.57. The number of aromatic nitrogens is 10. The van der Waals surface area contributed by atoms with Crippen LogP contribution in [-0.2, 0) is 4.79 Å². The van der Waals surface area contributed by atoms with E-state index in [1.807, 2.05) is 73.9 Å². The molecule has 1 unspecified atom stereocenters. The summed E-state index contributed by atoms with van der Waals surface area (Å²) in [5, 5.41) is 25.7. The van der Waals surface area contributed by atoms with Crippen LogP contribution in [-0.4, -0.2) is 211 Å². The zero-order valence-corrected chi connectivity index (χ0v) is 42.1. The van der Waals surface area contributed by atoms with Gasteiger partial charge in [-0.1, -0.05) is 6.08 Å². The van der Waals surface area contributed by atoms with Crippen molar-refractivity contribution in [2.24, 2.45) is 0 Å². The van der Waals surface area contributed by atoms with Crippen molar-refractivity contribution in [1.82, 2.24) is 74.6 Å².